The van der Waals surface area contributed by atoms with Gasteiger partial charge in [-0.1, -0.05) is 36.4 Å². The Morgan fingerprint density at radius 3 is 2.19 bits per heavy atom. The first-order chi connectivity index (χ1) is 14.8. The molecule has 0 aliphatic carbocycles. The minimum atomic E-state index is -0.912. The summed E-state index contributed by atoms with van der Waals surface area (Å²) in [4.78, 5) is 36.8. The van der Waals surface area contributed by atoms with Gasteiger partial charge in [0.05, 0.1) is 5.69 Å². The van der Waals surface area contributed by atoms with Gasteiger partial charge in [-0.05, 0) is 70.4 Å². The Bertz CT molecular complexity index is 1100. The van der Waals surface area contributed by atoms with Crippen molar-refractivity contribution in [1.82, 2.24) is 5.32 Å². The van der Waals surface area contributed by atoms with Crippen LogP contribution in [0.15, 0.2) is 77.3 Å². The Kier molecular flexibility index (Phi) is 7.04. The SMILES string of the molecule is Cc1ccc(NC(=O)C(NC(=O)c2ccc(NC(N)=O)cc2)c2ccccc2)c(Br)c1. The first kappa shape index (κ1) is 22.0. The molecule has 4 amide bonds. The Morgan fingerprint density at radius 2 is 1.58 bits per heavy atom. The van der Waals surface area contributed by atoms with Crippen LogP contribution >= 0.6 is 15.9 Å². The second-order valence-electron chi connectivity index (χ2n) is 6.86. The minimum absolute atomic E-state index is 0.334. The molecule has 0 aliphatic heterocycles. The molecule has 0 aromatic heterocycles. The highest BCUT2D eigenvalue weighted by molar-refractivity contribution is 9.10. The van der Waals surface area contributed by atoms with Crippen LogP contribution < -0.4 is 21.7 Å². The number of nitrogens with two attached hydrogens (primary N) is 1. The van der Waals surface area contributed by atoms with E-state index in [9.17, 15) is 14.4 Å². The molecule has 3 aromatic rings. The smallest absolute Gasteiger partial charge is 0.316 e. The van der Waals surface area contributed by atoms with Gasteiger partial charge in [0, 0.05) is 15.7 Å². The van der Waals surface area contributed by atoms with Gasteiger partial charge >= 0.3 is 6.03 Å². The van der Waals surface area contributed by atoms with Crippen LogP contribution in [0.5, 0.6) is 0 Å². The van der Waals surface area contributed by atoms with Crippen LogP contribution in [0.2, 0.25) is 0 Å². The van der Waals surface area contributed by atoms with Gasteiger partial charge in [-0.25, -0.2) is 4.79 Å². The van der Waals surface area contributed by atoms with Crippen molar-refractivity contribution in [3.8, 4) is 0 Å². The summed E-state index contributed by atoms with van der Waals surface area (Å²) in [5, 5.41) is 8.07. The first-order valence-electron chi connectivity index (χ1n) is 9.43. The summed E-state index contributed by atoms with van der Waals surface area (Å²) in [6, 6.07) is 19.1. The van der Waals surface area contributed by atoms with E-state index < -0.39 is 18.0 Å². The van der Waals surface area contributed by atoms with Crippen LogP contribution in [-0.4, -0.2) is 17.8 Å². The zero-order chi connectivity index (χ0) is 22.4. The van der Waals surface area contributed by atoms with Crippen molar-refractivity contribution in [3.05, 3.63) is 94.0 Å². The molecule has 0 fully saturated rings. The quantitative estimate of drug-likeness (QED) is 0.420. The zero-order valence-corrected chi connectivity index (χ0v) is 18.3. The number of urea groups is 1. The van der Waals surface area contributed by atoms with E-state index in [4.69, 9.17) is 5.73 Å². The molecule has 7 nitrogen and oxygen atoms in total. The Hall–Kier alpha value is -3.65. The molecule has 0 bridgehead atoms. The van der Waals surface area contributed by atoms with Gasteiger partial charge < -0.3 is 21.7 Å². The van der Waals surface area contributed by atoms with Crippen LogP contribution in [0.4, 0.5) is 16.2 Å². The average Bonchev–Trinajstić information content (AvgIpc) is 2.74. The number of hydrogen-bond acceptors (Lipinski definition) is 3. The van der Waals surface area contributed by atoms with Crippen LogP contribution in [0.25, 0.3) is 0 Å². The van der Waals surface area contributed by atoms with Gasteiger partial charge in [-0.15, -0.1) is 0 Å². The van der Waals surface area contributed by atoms with Gasteiger partial charge in [0.2, 0.25) is 0 Å². The molecule has 8 heteroatoms. The normalized spacial score (nSPS) is 11.3. The van der Waals surface area contributed by atoms with Crippen molar-refractivity contribution in [2.45, 2.75) is 13.0 Å². The highest BCUT2D eigenvalue weighted by atomic mass is 79.9. The number of benzene rings is 3. The summed E-state index contributed by atoms with van der Waals surface area (Å²) in [6.45, 7) is 1.95. The molecule has 31 heavy (non-hydrogen) atoms. The number of amides is 4. The van der Waals surface area contributed by atoms with Gasteiger partial charge in [0.1, 0.15) is 6.04 Å². The van der Waals surface area contributed by atoms with Gasteiger partial charge in [0.25, 0.3) is 11.8 Å². The molecule has 3 aromatic carbocycles. The topological polar surface area (TPSA) is 113 Å². The lowest BCUT2D eigenvalue weighted by Gasteiger charge is -2.20. The van der Waals surface area contributed by atoms with Crippen molar-refractivity contribution in [1.29, 1.82) is 0 Å². The fraction of sp³-hybridized carbons (Fsp3) is 0.0870. The summed E-state index contributed by atoms with van der Waals surface area (Å²) >= 11 is 3.45. The largest absolute Gasteiger partial charge is 0.351 e. The second-order valence-corrected chi connectivity index (χ2v) is 7.71. The summed E-state index contributed by atoms with van der Waals surface area (Å²) in [5.74, 6) is -0.811. The number of aryl methyl sites for hydroxylation is 1. The molecule has 0 saturated carbocycles. The van der Waals surface area contributed by atoms with Crippen molar-refractivity contribution < 1.29 is 14.4 Å². The molecule has 0 spiro atoms. The van der Waals surface area contributed by atoms with Crippen molar-refractivity contribution >= 4 is 45.2 Å². The summed E-state index contributed by atoms with van der Waals surface area (Å²) in [6.07, 6.45) is 0. The molecule has 158 valence electrons. The summed E-state index contributed by atoms with van der Waals surface area (Å²) < 4.78 is 0.747. The van der Waals surface area contributed by atoms with Crippen LogP contribution in [0, 0.1) is 6.92 Å². The fourth-order valence-corrected chi connectivity index (χ4v) is 3.53. The molecule has 0 saturated heterocycles. The van der Waals surface area contributed by atoms with E-state index in [1.54, 1.807) is 42.5 Å². The Morgan fingerprint density at radius 1 is 0.903 bits per heavy atom. The summed E-state index contributed by atoms with van der Waals surface area (Å²) in [7, 11) is 0. The van der Waals surface area contributed by atoms with E-state index in [0.29, 0.717) is 22.5 Å². The standard InChI is InChI=1S/C23H21BrN4O3/c1-14-7-12-19(18(24)13-14)27-22(30)20(15-5-3-2-4-6-15)28-21(29)16-8-10-17(11-9-16)26-23(25)31/h2-13,20H,1H3,(H,27,30)(H,28,29)(H3,25,26,31). The first-order valence-corrected chi connectivity index (χ1v) is 10.2. The molecule has 0 aliphatic rings. The highest BCUT2D eigenvalue weighted by Gasteiger charge is 2.24. The highest BCUT2D eigenvalue weighted by Crippen LogP contribution is 2.25. The number of nitrogens with one attached hydrogen (secondary N) is 3. The number of carbonyl (C=O) groups is 3. The third kappa shape index (κ3) is 5.93. The molecular weight excluding hydrogens is 460 g/mol. The van der Waals surface area contributed by atoms with Crippen LogP contribution in [-0.2, 0) is 4.79 Å². The number of anilines is 2. The van der Waals surface area contributed by atoms with E-state index >= 15 is 0 Å². The molecule has 5 N–H and O–H groups in total. The predicted octanol–water partition coefficient (Wildman–Crippen LogP) is 4.36. The molecule has 1 atom stereocenters. The van der Waals surface area contributed by atoms with E-state index in [1.807, 2.05) is 25.1 Å². The molecular formula is C23H21BrN4O3. The lowest BCUT2D eigenvalue weighted by atomic mass is 10.0. The van der Waals surface area contributed by atoms with Crippen LogP contribution in [0.3, 0.4) is 0 Å². The number of rotatable bonds is 6. The van der Waals surface area contributed by atoms with Crippen molar-refractivity contribution in [2.24, 2.45) is 5.73 Å². The lowest BCUT2D eigenvalue weighted by Crippen LogP contribution is -2.37. The molecule has 0 radical (unpaired) electrons. The second kappa shape index (κ2) is 9.90. The van der Waals surface area contributed by atoms with E-state index in [1.165, 1.54) is 12.1 Å². The Balaban J connectivity index is 1.81. The third-order valence-corrected chi connectivity index (χ3v) is 5.12. The maximum absolute atomic E-state index is 13.1. The zero-order valence-electron chi connectivity index (χ0n) is 16.7. The number of carbonyl (C=O) groups excluding carboxylic acids is 3. The fourth-order valence-electron chi connectivity index (χ4n) is 2.93. The maximum Gasteiger partial charge on any atom is 0.316 e. The molecule has 0 heterocycles. The third-order valence-electron chi connectivity index (χ3n) is 4.47. The molecule has 3 rings (SSSR count). The van der Waals surface area contributed by atoms with Gasteiger partial charge in [0.15, 0.2) is 0 Å². The van der Waals surface area contributed by atoms with E-state index in [-0.39, 0.29) is 5.91 Å². The number of halogens is 1. The van der Waals surface area contributed by atoms with Gasteiger partial charge in [-0.2, -0.15) is 0 Å². The predicted molar refractivity (Wildman–Crippen MR) is 124 cm³/mol. The van der Waals surface area contributed by atoms with Crippen LogP contribution in [0.1, 0.15) is 27.5 Å². The molecule has 1 unspecified atom stereocenters. The lowest BCUT2D eigenvalue weighted by molar-refractivity contribution is -0.118. The van der Waals surface area contributed by atoms with Gasteiger partial charge in [-0.3, -0.25) is 9.59 Å². The Labute approximate surface area is 188 Å². The summed E-state index contributed by atoms with van der Waals surface area (Å²) in [5.41, 5.74) is 8.18. The van der Waals surface area contributed by atoms with E-state index in [0.717, 1.165) is 10.0 Å². The number of hydrogen-bond donors (Lipinski definition) is 4. The minimum Gasteiger partial charge on any atom is -0.351 e. The van der Waals surface area contributed by atoms with E-state index in [2.05, 4.69) is 31.9 Å². The monoisotopic (exact) mass is 480 g/mol. The number of primary amides is 1. The van der Waals surface area contributed by atoms with Crippen molar-refractivity contribution in [2.75, 3.05) is 10.6 Å². The average molecular weight is 481 g/mol. The van der Waals surface area contributed by atoms with Crippen molar-refractivity contribution in [3.63, 3.8) is 0 Å². The maximum atomic E-state index is 13.1.